The molecule has 0 unspecified atom stereocenters. The lowest BCUT2D eigenvalue weighted by molar-refractivity contribution is 0.0828. The van der Waals surface area contributed by atoms with Crippen molar-refractivity contribution in [3.8, 4) is 0 Å². The molecule has 0 spiro atoms. The highest BCUT2D eigenvalue weighted by molar-refractivity contribution is 6.30. The lowest BCUT2D eigenvalue weighted by Crippen LogP contribution is -2.23. The molecule has 0 aromatic heterocycles. The Balaban J connectivity index is 2.20. The molecule has 0 bridgehead atoms. The first-order chi connectivity index (χ1) is 9.97. The fourth-order valence-electron chi connectivity index (χ4n) is 1.94. The molecule has 0 aliphatic rings. The van der Waals surface area contributed by atoms with Crippen molar-refractivity contribution in [1.82, 2.24) is 4.90 Å². The number of halogens is 1. The van der Waals surface area contributed by atoms with E-state index in [0.717, 1.165) is 11.3 Å². The van der Waals surface area contributed by atoms with Crippen LogP contribution in [0.4, 0.5) is 11.4 Å². The molecule has 0 saturated carbocycles. The van der Waals surface area contributed by atoms with E-state index in [0.29, 0.717) is 22.8 Å². The SMILES string of the molecule is CN(C)C(=O)c1ccc(N)cc1NCc1ccc(Cl)cc1. The lowest BCUT2D eigenvalue weighted by atomic mass is 10.1. The summed E-state index contributed by atoms with van der Waals surface area (Å²) in [7, 11) is 3.45. The van der Waals surface area contributed by atoms with Crippen molar-refractivity contribution < 1.29 is 4.79 Å². The van der Waals surface area contributed by atoms with Crippen LogP contribution in [0.3, 0.4) is 0 Å². The minimum atomic E-state index is -0.0615. The van der Waals surface area contributed by atoms with Crippen molar-refractivity contribution in [1.29, 1.82) is 0 Å². The number of hydrogen-bond acceptors (Lipinski definition) is 3. The highest BCUT2D eigenvalue weighted by atomic mass is 35.5. The van der Waals surface area contributed by atoms with Crippen LogP contribution < -0.4 is 11.1 Å². The average Bonchev–Trinajstić information content (AvgIpc) is 2.46. The van der Waals surface area contributed by atoms with Crippen molar-refractivity contribution in [2.45, 2.75) is 6.54 Å². The quantitative estimate of drug-likeness (QED) is 0.853. The van der Waals surface area contributed by atoms with Crippen LogP contribution in [0.15, 0.2) is 42.5 Å². The van der Waals surface area contributed by atoms with Gasteiger partial charge in [-0.2, -0.15) is 0 Å². The largest absolute Gasteiger partial charge is 0.399 e. The number of hydrogen-bond donors (Lipinski definition) is 2. The van der Waals surface area contributed by atoms with Crippen molar-refractivity contribution in [3.05, 3.63) is 58.6 Å². The summed E-state index contributed by atoms with van der Waals surface area (Å²) < 4.78 is 0. The number of amides is 1. The average molecular weight is 304 g/mol. The van der Waals surface area contributed by atoms with Crippen molar-refractivity contribution in [2.24, 2.45) is 0 Å². The summed E-state index contributed by atoms with van der Waals surface area (Å²) in [5.41, 5.74) is 8.82. The number of nitrogen functional groups attached to an aromatic ring is 1. The Morgan fingerprint density at radius 1 is 1.19 bits per heavy atom. The van der Waals surface area contributed by atoms with E-state index < -0.39 is 0 Å². The Morgan fingerprint density at radius 3 is 2.48 bits per heavy atom. The molecule has 0 radical (unpaired) electrons. The predicted molar refractivity (Wildman–Crippen MR) is 87.7 cm³/mol. The molecule has 3 N–H and O–H groups in total. The number of carbonyl (C=O) groups is 1. The second kappa shape index (κ2) is 6.50. The van der Waals surface area contributed by atoms with E-state index in [9.17, 15) is 4.79 Å². The van der Waals surface area contributed by atoms with Gasteiger partial charge >= 0.3 is 0 Å². The van der Waals surface area contributed by atoms with Crippen molar-refractivity contribution in [2.75, 3.05) is 25.1 Å². The van der Waals surface area contributed by atoms with Gasteiger partial charge in [0.2, 0.25) is 0 Å². The third kappa shape index (κ3) is 3.89. The van der Waals surface area contributed by atoms with E-state index in [1.165, 1.54) is 0 Å². The zero-order chi connectivity index (χ0) is 15.4. The molecule has 21 heavy (non-hydrogen) atoms. The maximum Gasteiger partial charge on any atom is 0.255 e. The lowest BCUT2D eigenvalue weighted by Gasteiger charge is -2.16. The minimum Gasteiger partial charge on any atom is -0.399 e. The van der Waals surface area contributed by atoms with E-state index in [1.807, 2.05) is 24.3 Å². The van der Waals surface area contributed by atoms with Gasteiger partial charge in [-0.3, -0.25) is 4.79 Å². The first-order valence-electron chi connectivity index (χ1n) is 6.57. The standard InChI is InChI=1S/C16H18ClN3O/c1-20(2)16(21)14-8-7-13(18)9-15(14)19-10-11-3-5-12(17)6-4-11/h3-9,19H,10,18H2,1-2H3. The van der Waals surface area contributed by atoms with Crippen LogP contribution in [0.25, 0.3) is 0 Å². The zero-order valence-corrected chi connectivity index (χ0v) is 12.8. The Morgan fingerprint density at radius 2 is 1.86 bits per heavy atom. The molecule has 0 fully saturated rings. The molecule has 0 aliphatic heterocycles. The van der Waals surface area contributed by atoms with Crippen molar-refractivity contribution >= 4 is 28.9 Å². The molecule has 5 heteroatoms. The van der Waals surface area contributed by atoms with E-state index in [1.54, 1.807) is 37.2 Å². The van der Waals surface area contributed by atoms with Gasteiger partial charge in [0.05, 0.1) is 5.56 Å². The summed E-state index contributed by atoms with van der Waals surface area (Å²) in [6, 6.07) is 12.8. The normalized spacial score (nSPS) is 10.2. The monoisotopic (exact) mass is 303 g/mol. The second-order valence-electron chi connectivity index (χ2n) is 4.98. The first-order valence-corrected chi connectivity index (χ1v) is 6.94. The van der Waals surface area contributed by atoms with Crippen LogP contribution in [0.1, 0.15) is 15.9 Å². The molecule has 2 rings (SSSR count). The van der Waals surface area contributed by atoms with E-state index in [-0.39, 0.29) is 5.91 Å². The summed E-state index contributed by atoms with van der Waals surface area (Å²) in [5, 5.41) is 3.96. The van der Waals surface area contributed by atoms with Gasteiger partial charge in [0.15, 0.2) is 0 Å². The summed E-state index contributed by atoms with van der Waals surface area (Å²) in [6.45, 7) is 0.592. The highest BCUT2D eigenvalue weighted by Crippen LogP contribution is 2.21. The zero-order valence-electron chi connectivity index (χ0n) is 12.1. The Labute approximate surface area is 129 Å². The molecular formula is C16H18ClN3O. The van der Waals surface area contributed by atoms with Crippen LogP contribution in [0.5, 0.6) is 0 Å². The molecule has 110 valence electrons. The maximum atomic E-state index is 12.2. The predicted octanol–water partition coefficient (Wildman–Crippen LogP) is 3.24. The number of carbonyl (C=O) groups excluding carboxylic acids is 1. The van der Waals surface area contributed by atoms with Gasteiger partial charge in [-0.25, -0.2) is 0 Å². The molecule has 0 saturated heterocycles. The molecular weight excluding hydrogens is 286 g/mol. The van der Waals surface area contributed by atoms with Gasteiger partial charge in [-0.15, -0.1) is 0 Å². The van der Waals surface area contributed by atoms with Crippen LogP contribution in [-0.2, 0) is 6.54 Å². The van der Waals surface area contributed by atoms with Crippen LogP contribution in [0, 0.1) is 0 Å². The second-order valence-corrected chi connectivity index (χ2v) is 5.42. The van der Waals surface area contributed by atoms with Gasteiger partial charge in [0.1, 0.15) is 0 Å². The summed E-state index contributed by atoms with van der Waals surface area (Å²) in [4.78, 5) is 13.7. The van der Waals surface area contributed by atoms with E-state index in [2.05, 4.69) is 5.32 Å². The smallest absolute Gasteiger partial charge is 0.255 e. The molecule has 2 aromatic rings. The number of anilines is 2. The molecule has 2 aromatic carbocycles. The van der Waals surface area contributed by atoms with Crippen LogP contribution in [0.2, 0.25) is 5.02 Å². The number of rotatable bonds is 4. The van der Waals surface area contributed by atoms with Crippen molar-refractivity contribution in [3.63, 3.8) is 0 Å². The van der Waals surface area contributed by atoms with Crippen LogP contribution >= 0.6 is 11.6 Å². The number of benzene rings is 2. The van der Waals surface area contributed by atoms with Gasteiger partial charge in [0.25, 0.3) is 5.91 Å². The van der Waals surface area contributed by atoms with E-state index in [4.69, 9.17) is 17.3 Å². The number of nitrogens with one attached hydrogen (secondary N) is 1. The highest BCUT2D eigenvalue weighted by Gasteiger charge is 2.13. The van der Waals surface area contributed by atoms with Gasteiger partial charge in [-0.1, -0.05) is 23.7 Å². The fourth-order valence-corrected chi connectivity index (χ4v) is 2.06. The number of nitrogens with zero attached hydrogens (tertiary/aromatic N) is 1. The summed E-state index contributed by atoms with van der Waals surface area (Å²) in [6.07, 6.45) is 0. The molecule has 0 aliphatic carbocycles. The molecule has 1 amide bonds. The fraction of sp³-hybridized carbons (Fsp3) is 0.188. The molecule has 4 nitrogen and oxygen atoms in total. The van der Waals surface area contributed by atoms with Gasteiger partial charge < -0.3 is 16.0 Å². The minimum absolute atomic E-state index is 0.0615. The Hall–Kier alpha value is -2.20. The molecule has 0 heterocycles. The van der Waals surface area contributed by atoms with Crippen LogP contribution in [-0.4, -0.2) is 24.9 Å². The first kappa shape index (κ1) is 15.2. The van der Waals surface area contributed by atoms with Gasteiger partial charge in [-0.05, 0) is 35.9 Å². The Bertz CT molecular complexity index is 638. The summed E-state index contributed by atoms with van der Waals surface area (Å²) in [5.74, 6) is -0.0615. The maximum absolute atomic E-state index is 12.2. The molecule has 0 atom stereocenters. The third-order valence-corrected chi connectivity index (χ3v) is 3.33. The Kier molecular flexibility index (Phi) is 4.70. The third-order valence-electron chi connectivity index (χ3n) is 3.08. The topological polar surface area (TPSA) is 58.4 Å². The van der Waals surface area contributed by atoms with E-state index >= 15 is 0 Å². The van der Waals surface area contributed by atoms with Gasteiger partial charge in [0, 0.05) is 37.0 Å². The number of nitrogens with two attached hydrogens (primary N) is 1. The summed E-state index contributed by atoms with van der Waals surface area (Å²) >= 11 is 5.86.